The van der Waals surface area contributed by atoms with Crippen LogP contribution in [-0.2, 0) is 6.54 Å². The highest BCUT2D eigenvalue weighted by molar-refractivity contribution is 6.31. The van der Waals surface area contributed by atoms with Gasteiger partial charge in [-0.25, -0.2) is 0 Å². The number of hydrogen-bond acceptors (Lipinski definition) is 3. The van der Waals surface area contributed by atoms with Crippen LogP contribution >= 0.6 is 11.6 Å². The van der Waals surface area contributed by atoms with Crippen LogP contribution in [0, 0.1) is 0 Å². The second-order valence-electron chi connectivity index (χ2n) is 4.72. The SMILES string of the molecule is CCN(Cc1ccccn1)c1ccc(C(C)O)c(Cl)c1. The first-order chi connectivity index (χ1) is 9.61. The quantitative estimate of drug-likeness (QED) is 0.909. The van der Waals surface area contributed by atoms with Gasteiger partial charge in [-0.3, -0.25) is 4.98 Å². The zero-order chi connectivity index (χ0) is 14.5. The van der Waals surface area contributed by atoms with Crippen LogP contribution in [0.2, 0.25) is 5.02 Å². The minimum absolute atomic E-state index is 0.553. The lowest BCUT2D eigenvalue weighted by atomic mass is 10.1. The van der Waals surface area contributed by atoms with Crippen LogP contribution in [0.4, 0.5) is 5.69 Å². The van der Waals surface area contributed by atoms with Crippen molar-refractivity contribution < 1.29 is 5.11 Å². The Labute approximate surface area is 124 Å². The monoisotopic (exact) mass is 290 g/mol. The van der Waals surface area contributed by atoms with Gasteiger partial charge in [-0.15, -0.1) is 0 Å². The summed E-state index contributed by atoms with van der Waals surface area (Å²) in [6.45, 7) is 5.41. The van der Waals surface area contributed by atoms with Crippen molar-refractivity contribution in [2.24, 2.45) is 0 Å². The van der Waals surface area contributed by atoms with Crippen molar-refractivity contribution in [3.05, 3.63) is 58.9 Å². The minimum atomic E-state index is -0.553. The van der Waals surface area contributed by atoms with Gasteiger partial charge in [0, 0.05) is 23.5 Å². The van der Waals surface area contributed by atoms with Crippen molar-refractivity contribution in [1.82, 2.24) is 4.98 Å². The lowest BCUT2D eigenvalue weighted by Crippen LogP contribution is -2.22. The first-order valence-corrected chi connectivity index (χ1v) is 7.12. The van der Waals surface area contributed by atoms with Gasteiger partial charge in [-0.05, 0) is 43.7 Å². The van der Waals surface area contributed by atoms with Crippen LogP contribution < -0.4 is 4.90 Å². The molecule has 2 aromatic rings. The molecule has 0 aliphatic rings. The van der Waals surface area contributed by atoms with E-state index in [1.807, 2.05) is 36.4 Å². The summed E-state index contributed by atoms with van der Waals surface area (Å²) >= 11 is 6.23. The number of nitrogens with zero attached hydrogens (tertiary/aromatic N) is 2. The molecule has 1 aromatic carbocycles. The predicted octanol–water partition coefficient (Wildman–Crippen LogP) is 3.81. The van der Waals surface area contributed by atoms with E-state index in [4.69, 9.17) is 11.6 Å². The highest BCUT2D eigenvalue weighted by Gasteiger charge is 2.11. The van der Waals surface area contributed by atoms with Crippen molar-refractivity contribution in [2.75, 3.05) is 11.4 Å². The number of hydrogen-bond donors (Lipinski definition) is 1. The van der Waals surface area contributed by atoms with Gasteiger partial charge in [-0.1, -0.05) is 23.7 Å². The third-order valence-corrected chi connectivity index (χ3v) is 3.59. The molecule has 0 fully saturated rings. The van der Waals surface area contributed by atoms with Crippen LogP contribution in [0.1, 0.15) is 31.2 Å². The Kier molecular flexibility index (Phi) is 4.99. The fraction of sp³-hybridized carbons (Fsp3) is 0.312. The highest BCUT2D eigenvalue weighted by atomic mass is 35.5. The van der Waals surface area contributed by atoms with Crippen molar-refractivity contribution in [2.45, 2.75) is 26.5 Å². The summed E-state index contributed by atoms with van der Waals surface area (Å²) in [6.07, 6.45) is 1.24. The molecule has 1 heterocycles. The zero-order valence-electron chi connectivity index (χ0n) is 11.8. The lowest BCUT2D eigenvalue weighted by molar-refractivity contribution is 0.199. The average Bonchev–Trinajstić information content (AvgIpc) is 2.45. The smallest absolute Gasteiger partial charge is 0.0776 e. The van der Waals surface area contributed by atoms with Gasteiger partial charge in [0.15, 0.2) is 0 Å². The van der Waals surface area contributed by atoms with Crippen LogP contribution in [0.3, 0.4) is 0 Å². The molecule has 0 spiro atoms. The molecule has 2 rings (SSSR count). The average molecular weight is 291 g/mol. The summed E-state index contributed by atoms with van der Waals surface area (Å²) in [5.41, 5.74) is 2.81. The molecule has 0 saturated carbocycles. The summed E-state index contributed by atoms with van der Waals surface area (Å²) in [5, 5.41) is 10.2. The maximum absolute atomic E-state index is 9.62. The molecule has 4 heteroatoms. The number of anilines is 1. The Morgan fingerprint density at radius 2 is 2.10 bits per heavy atom. The van der Waals surface area contributed by atoms with E-state index in [0.29, 0.717) is 5.02 Å². The van der Waals surface area contributed by atoms with Crippen molar-refractivity contribution >= 4 is 17.3 Å². The number of aromatic nitrogens is 1. The summed E-state index contributed by atoms with van der Waals surface area (Å²) < 4.78 is 0. The number of benzene rings is 1. The molecule has 0 radical (unpaired) electrons. The second-order valence-corrected chi connectivity index (χ2v) is 5.12. The fourth-order valence-electron chi connectivity index (χ4n) is 2.12. The van der Waals surface area contributed by atoms with E-state index in [-0.39, 0.29) is 0 Å². The molecule has 1 N–H and O–H groups in total. The van der Waals surface area contributed by atoms with E-state index in [1.165, 1.54) is 0 Å². The molecule has 106 valence electrons. The van der Waals surface area contributed by atoms with Gasteiger partial charge in [0.1, 0.15) is 0 Å². The van der Waals surface area contributed by atoms with Crippen LogP contribution in [0.5, 0.6) is 0 Å². The van der Waals surface area contributed by atoms with E-state index in [2.05, 4.69) is 16.8 Å². The first kappa shape index (κ1) is 14.8. The molecule has 1 atom stereocenters. The van der Waals surface area contributed by atoms with E-state index in [9.17, 15) is 5.11 Å². The Morgan fingerprint density at radius 3 is 2.65 bits per heavy atom. The molecule has 1 unspecified atom stereocenters. The molecule has 0 saturated heterocycles. The highest BCUT2D eigenvalue weighted by Crippen LogP contribution is 2.28. The van der Waals surface area contributed by atoms with Crippen molar-refractivity contribution in [3.63, 3.8) is 0 Å². The summed E-state index contributed by atoms with van der Waals surface area (Å²) in [4.78, 5) is 6.54. The maximum Gasteiger partial charge on any atom is 0.0776 e. The maximum atomic E-state index is 9.62. The molecular formula is C16H19ClN2O. The van der Waals surface area contributed by atoms with E-state index in [1.54, 1.807) is 13.1 Å². The zero-order valence-corrected chi connectivity index (χ0v) is 12.5. The number of aliphatic hydroxyl groups excluding tert-OH is 1. The second kappa shape index (κ2) is 6.73. The van der Waals surface area contributed by atoms with Crippen LogP contribution in [-0.4, -0.2) is 16.6 Å². The first-order valence-electron chi connectivity index (χ1n) is 6.74. The summed E-state index contributed by atoms with van der Waals surface area (Å²) in [5.74, 6) is 0. The van der Waals surface area contributed by atoms with Gasteiger partial charge in [0.05, 0.1) is 18.3 Å². The van der Waals surface area contributed by atoms with Gasteiger partial charge in [0.2, 0.25) is 0 Å². The lowest BCUT2D eigenvalue weighted by Gasteiger charge is -2.23. The Hall–Kier alpha value is -1.58. The van der Waals surface area contributed by atoms with Crippen LogP contribution in [0.25, 0.3) is 0 Å². The molecule has 20 heavy (non-hydrogen) atoms. The Bertz CT molecular complexity index is 558. The number of rotatable bonds is 5. The van der Waals surface area contributed by atoms with Gasteiger partial charge >= 0.3 is 0 Å². The Morgan fingerprint density at radius 1 is 1.30 bits per heavy atom. The topological polar surface area (TPSA) is 36.4 Å². The number of aliphatic hydroxyl groups is 1. The van der Waals surface area contributed by atoms with E-state index >= 15 is 0 Å². The molecule has 0 aliphatic heterocycles. The molecule has 3 nitrogen and oxygen atoms in total. The molecule has 0 aliphatic carbocycles. The molecule has 0 bridgehead atoms. The fourth-order valence-corrected chi connectivity index (χ4v) is 2.46. The van der Waals surface area contributed by atoms with E-state index < -0.39 is 6.10 Å². The van der Waals surface area contributed by atoms with E-state index in [0.717, 1.165) is 30.0 Å². The predicted molar refractivity (Wildman–Crippen MR) is 83.0 cm³/mol. The van der Waals surface area contributed by atoms with Gasteiger partial charge in [-0.2, -0.15) is 0 Å². The largest absolute Gasteiger partial charge is 0.389 e. The number of halogens is 1. The van der Waals surface area contributed by atoms with Crippen molar-refractivity contribution in [3.8, 4) is 0 Å². The number of pyridine rings is 1. The van der Waals surface area contributed by atoms with Gasteiger partial charge in [0.25, 0.3) is 0 Å². The normalized spacial score (nSPS) is 12.2. The molecule has 1 aromatic heterocycles. The summed E-state index contributed by atoms with van der Waals surface area (Å²) in [7, 11) is 0. The summed E-state index contributed by atoms with van der Waals surface area (Å²) in [6, 6.07) is 11.7. The molecule has 0 amide bonds. The van der Waals surface area contributed by atoms with Gasteiger partial charge < -0.3 is 10.0 Å². The molecular weight excluding hydrogens is 272 g/mol. The third-order valence-electron chi connectivity index (χ3n) is 3.26. The van der Waals surface area contributed by atoms with Crippen LogP contribution in [0.15, 0.2) is 42.6 Å². The standard InChI is InChI=1S/C16H19ClN2O/c1-3-19(11-13-6-4-5-9-18-13)14-7-8-15(12(2)20)16(17)10-14/h4-10,12,20H,3,11H2,1-2H3. The third kappa shape index (κ3) is 3.50. The Balaban J connectivity index is 2.22. The minimum Gasteiger partial charge on any atom is -0.389 e. The van der Waals surface area contributed by atoms with Crippen molar-refractivity contribution in [1.29, 1.82) is 0 Å².